The molecule has 2 aromatic carbocycles. The molecule has 146 valence electrons. The lowest BCUT2D eigenvalue weighted by molar-refractivity contribution is 0.551. The normalized spacial score (nSPS) is 13.3. The van der Waals surface area contributed by atoms with Crippen molar-refractivity contribution in [2.75, 3.05) is 19.8 Å². The van der Waals surface area contributed by atoms with Crippen LogP contribution in [-0.4, -0.2) is 34.2 Å². The van der Waals surface area contributed by atoms with Gasteiger partial charge in [0.05, 0.1) is 10.9 Å². The fourth-order valence-corrected chi connectivity index (χ4v) is 3.19. The summed E-state index contributed by atoms with van der Waals surface area (Å²) in [6, 6.07) is 9.77. The van der Waals surface area contributed by atoms with Crippen molar-refractivity contribution in [3.05, 3.63) is 65.2 Å². The fourth-order valence-electron chi connectivity index (χ4n) is 2.56. The lowest BCUT2D eigenvalue weighted by Gasteiger charge is -2.19. The van der Waals surface area contributed by atoms with E-state index in [1.54, 1.807) is 38.2 Å². The Morgan fingerprint density at radius 2 is 1.81 bits per heavy atom. The lowest BCUT2D eigenvalue weighted by atomic mass is 10.1. The van der Waals surface area contributed by atoms with Crippen LogP contribution in [0.1, 0.15) is 24.1 Å². The van der Waals surface area contributed by atoms with Gasteiger partial charge in [0, 0.05) is 31.5 Å². The molecule has 0 saturated heterocycles. The first-order valence-corrected chi connectivity index (χ1v) is 10.3. The molecule has 0 saturated carbocycles. The molecule has 0 fully saturated rings. The van der Waals surface area contributed by atoms with E-state index in [-0.39, 0.29) is 4.90 Å². The maximum Gasteiger partial charge on any atom is 0.191 e. The summed E-state index contributed by atoms with van der Waals surface area (Å²) >= 11 is 0. The Kier molecular flexibility index (Phi) is 6.90. The Morgan fingerprint density at radius 3 is 2.37 bits per heavy atom. The van der Waals surface area contributed by atoms with E-state index < -0.39 is 27.5 Å². The van der Waals surface area contributed by atoms with Gasteiger partial charge < -0.3 is 10.6 Å². The van der Waals surface area contributed by atoms with E-state index in [9.17, 15) is 17.2 Å². The molecule has 0 bridgehead atoms. The van der Waals surface area contributed by atoms with Crippen LogP contribution in [0.15, 0.2) is 52.4 Å². The maximum absolute atomic E-state index is 13.9. The van der Waals surface area contributed by atoms with Crippen LogP contribution in [-0.2, 0) is 16.3 Å². The van der Waals surface area contributed by atoms with Crippen molar-refractivity contribution in [3.63, 3.8) is 0 Å². The number of guanidine groups is 1. The van der Waals surface area contributed by atoms with Crippen molar-refractivity contribution >= 4 is 15.8 Å². The van der Waals surface area contributed by atoms with Crippen molar-refractivity contribution < 1.29 is 17.2 Å². The average Bonchev–Trinajstić information content (AvgIpc) is 2.60. The van der Waals surface area contributed by atoms with Crippen LogP contribution < -0.4 is 10.6 Å². The SMILES string of the molecule is CN=C(NCCc1ccc(S(C)(=O)=O)cc1)NC(C)c1ccc(F)cc1F. The van der Waals surface area contributed by atoms with E-state index in [2.05, 4.69) is 15.6 Å². The highest BCUT2D eigenvalue weighted by Crippen LogP contribution is 2.17. The molecule has 0 aliphatic carbocycles. The molecule has 2 rings (SSSR count). The summed E-state index contributed by atoms with van der Waals surface area (Å²) in [6.07, 6.45) is 1.83. The molecule has 8 heteroatoms. The van der Waals surface area contributed by atoms with Crippen LogP contribution in [0.2, 0.25) is 0 Å². The third kappa shape index (κ3) is 6.02. The smallest absolute Gasteiger partial charge is 0.191 e. The van der Waals surface area contributed by atoms with Gasteiger partial charge >= 0.3 is 0 Å². The number of hydrogen-bond acceptors (Lipinski definition) is 3. The minimum atomic E-state index is -3.20. The van der Waals surface area contributed by atoms with E-state index in [0.717, 1.165) is 11.6 Å². The van der Waals surface area contributed by atoms with Crippen molar-refractivity contribution in [1.29, 1.82) is 0 Å². The molecular weight excluding hydrogens is 372 g/mol. The number of sulfone groups is 1. The van der Waals surface area contributed by atoms with E-state index in [1.165, 1.54) is 18.4 Å². The van der Waals surface area contributed by atoms with Gasteiger partial charge in [-0.05, 0) is 37.1 Å². The zero-order valence-corrected chi connectivity index (χ0v) is 16.3. The van der Waals surface area contributed by atoms with Crippen molar-refractivity contribution in [1.82, 2.24) is 10.6 Å². The second-order valence-corrected chi connectivity index (χ2v) is 8.21. The molecule has 2 aromatic rings. The van der Waals surface area contributed by atoms with Gasteiger partial charge in [-0.2, -0.15) is 0 Å². The predicted octanol–water partition coefficient (Wildman–Crippen LogP) is 2.84. The van der Waals surface area contributed by atoms with Crippen LogP contribution >= 0.6 is 0 Å². The van der Waals surface area contributed by atoms with E-state index in [4.69, 9.17) is 0 Å². The first-order chi connectivity index (χ1) is 12.7. The van der Waals surface area contributed by atoms with Crippen molar-refractivity contribution in [2.24, 2.45) is 4.99 Å². The highest BCUT2D eigenvalue weighted by Gasteiger charge is 2.13. The summed E-state index contributed by atoms with van der Waals surface area (Å²) < 4.78 is 49.8. The minimum absolute atomic E-state index is 0.284. The average molecular weight is 395 g/mol. The van der Waals surface area contributed by atoms with Crippen LogP contribution in [0.4, 0.5) is 8.78 Å². The highest BCUT2D eigenvalue weighted by molar-refractivity contribution is 7.90. The molecule has 0 aliphatic heterocycles. The fraction of sp³-hybridized carbons (Fsp3) is 0.316. The van der Waals surface area contributed by atoms with Gasteiger partial charge in [-0.25, -0.2) is 17.2 Å². The van der Waals surface area contributed by atoms with Gasteiger partial charge in [0.15, 0.2) is 15.8 Å². The number of hydrogen-bond donors (Lipinski definition) is 2. The zero-order valence-electron chi connectivity index (χ0n) is 15.5. The largest absolute Gasteiger partial charge is 0.356 e. The Hall–Kier alpha value is -2.48. The van der Waals surface area contributed by atoms with E-state index in [0.29, 0.717) is 24.5 Å². The molecule has 1 unspecified atom stereocenters. The summed E-state index contributed by atoms with van der Waals surface area (Å²) in [4.78, 5) is 4.38. The molecule has 2 N–H and O–H groups in total. The first-order valence-electron chi connectivity index (χ1n) is 8.42. The Balaban J connectivity index is 1.90. The summed E-state index contributed by atoms with van der Waals surface area (Å²) in [5.41, 5.74) is 1.32. The van der Waals surface area contributed by atoms with Crippen LogP contribution in [0.25, 0.3) is 0 Å². The van der Waals surface area contributed by atoms with Crippen LogP contribution in [0.3, 0.4) is 0 Å². The number of nitrogens with one attached hydrogen (secondary N) is 2. The van der Waals surface area contributed by atoms with Crippen molar-refractivity contribution in [2.45, 2.75) is 24.3 Å². The van der Waals surface area contributed by atoms with E-state index in [1.807, 2.05) is 0 Å². The highest BCUT2D eigenvalue weighted by atomic mass is 32.2. The Labute approximate surface area is 158 Å². The molecule has 0 amide bonds. The summed E-state index contributed by atoms with van der Waals surface area (Å²) in [5, 5.41) is 6.17. The zero-order chi connectivity index (χ0) is 20.0. The third-order valence-corrected chi connectivity index (χ3v) is 5.19. The molecule has 1 atom stereocenters. The maximum atomic E-state index is 13.9. The van der Waals surface area contributed by atoms with Gasteiger partial charge in [0.25, 0.3) is 0 Å². The topological polar surface area (TPSA) is 70.6 Å². The number of aliphatic imine (C=N–C) groups is 1. The van der Waals surface area contributed by atoms with Gasteiger partial charge in [0.1, 0.15) is 11.6 Å². The summed E-state index contributed by atoms with van der Waals surface area (Å²) in [5.74, 6) is -0.747. The minimum Gasteiger partial charge on any atom is -0.356 e. The number of benzene rings is 2. The molecule has 5 nitrogen and oxygen atoms in total. The van der Waals surface area contributed by atoms with Gasteiger partial charge in [-0.1, -0.05) is 18.2 Å². The number of nitrogens with zero attached hydrogens (tertiary/aromatic N) is 1. The first kappa shape index (κ1) is 20.8. The lowest BCUT2D eigenvalue weighted by Crippen LogP contribution is -2.39. The van der Waals surface area contributed by atoms with Gasteiger partial charge in [0.2, 0.25) is 0 Å². The quantitative estimate of drug-likeness (QED) is 0.583. The standard InChI is InChI=1S/C19H23F2N3O2S/c1-13(17-9-6-15(20)12-18(17)21)24-19(22-2)23-11-10-14-4-7-16(8-5-14)27(3,25)26/h4-9,12-13H,10-11H2,1-3H3,(H2,22,23,24). The third-order valence-electron chi connectivity index (χ3n) is 4.06. The van der Waals surface area contributed by atoms with Crippen LogP contribution in [0.5, 0.6) is 0 Å². The molecule has 0 radical (unpaired) electrons. The molecule has 0 heterocycles. The molecule has 0 aliphatic rings. The summed E-state index contributed by atoms with van der Waals surface area (Å²) in [6.45, 7) is 2.31. The number of rotatable bonds is 6. The Morgan fingerprint density at radius 1 is 1.15 bits per heavy atom. The molecular formula is C19H23F2N3O2S. The predicted molar refractivity (Wildman–Crippen MR) is 103 cm³/mol. The molecule has 27 heavy (non-hydrogen) atoms. The second kappa shape index (κ2) is 8.94. The Bertz CT molecular complexity index is 913. The number of halogens is 2. The molecule has 0 aromatic heterocycles. The summed E-state index contributed by atoms with van der Waals surface area (Å²) in [7, 11) is -1.60. The van der Waals surface area contributed by atoms with Gasteiger partial charge in [-0.3, -0.25) is 4.99 Å². The van der Waals surface area contributed by atoms with E-state index >= 15 is 0 Å². The second-order valence-electron chi connectivity index (χ2n) is 6.20. The monoisotopic (exact) mass is 395 g/mol. The van der Waals surface area contributed by atoms with Gasteiger partial charge in [-0.15, -0.1) is 0 Å². The van der Waals surface area contributed by atoms with Crippen LogP contribution in [0, 0.1) is 11.6 Å². The van der Waals surface area contributed by atoms with Crippen molar-refractivity contribution in [3.8, 4) is 0 Å². The molecule has 0 spiro atoms.